The lowest BCUT2D eigenvalue weighted by Gasteiger charge is -2.33. The lowest BCUT2D eigenvalue weighted by Crippen LogP contribution is -2.43. The summed E-state index contributed by atoms with van der Waals surface area (Å²) in [6.45, 7) is 0. The van der Waals surface area contributed by atoms with Crippen molar-refractivity contribution >= 4 is 17.3 Å². The van der Waals surface area contributed by atoms with E-state index in [2.05, 4.69) is 5.32 Å². The van der Waals surface area contributed by atoms with Crippen molar-refractivity contribution in [2.75, 3.05) is 5.32 Å². The van der Waals surface area contributed by atoms with Gasteiger partial charge in [-0.3, -0.25) is 0 Å². The number of alkyl halides is 1. The van der Waals surface area contributed by atoms with Gasteiger partial charge in [0.05, 0.1) is 16.7 Å². The van der Waals surface area contributed by atoms with Crippen LogP contribution in [-0.4, -0.2) is 5.79 Å². The number of hydrogen-bond donors (Lipinski definition) is 1. The quantitative estimate of drug-likeness (QED) is 0.843. The molecule has 1 aliphatic rings. The molecule has 0 bridgehead atoms. The summed E-state index contributed by atoms with van der Waals surface area (Å²) in [6.07, 6.45) is 0.890. The molecule has 0 aliphatic heterocycles. The molecule has 3 nitrogen and oxygen atoms in total. The van der Waals surface area contributed by atoms with Gasteiger partial charge in [-0.2, -0.15) is 10.5 Å². The number of nitrogens with zero attached hydrogens (tertiary/aromatic N) is 2. The molecule has 2 rings (SSSR count). The number of anilines is 1. The molecule has 0 saturated carbocycles. The summed E-state index contributed by atoms with van der Waals surface area (Å²) in [5.41, 5.74) is -0.0975. The number of nitrogens with one attached hydrogen (secondary N) is 1. The van der Waals surface area contributed by atoms with Crippen LogP contribution in [-0.2, 0) is 0 Å². The predicted molar refractivity (Wildman–Crippen MR) is 70.7 cm³/mol. The minimum Gasteiger partial charge on any atom is -0.348 e. The molecule has 1 N–H and O–H groups in total. The van der Waals surface area contributed by atoms with Gasteiger partial charge in [-0.15, -0.1) is 0 Å². The van der Waals surface area contributed by atoms with E-state index in [0.717, 1.165) is 6.08 Å². The second kappa shape index (κ2) is 5.32. The molecule has 0 heterocycles. The number of benzene rings is 1. The second-order valence-corrected chi connectivity index (χ2v) is 4.54. The van der Waals surface area contributed by atoms with E-state index in [-0.39, 0.29) is 0 Å². The van der Waals surface area contributed by atoms with Crippen LogP contribution >= 0.6 is 11.6 Å². The zero-order valence-electron chi connectivity index (χ0n) is 10.1. The Morgan fingerprint density at radius 2 is 1.90 bits per heavy atom. The SMILES string of the molecule is N#CC1=C(F)C(C#N)C(F)(Nc2ccccc2)C(Cl)=C1. The monoisotopic (exact) mass is 291 g/mol. The van der Waals surface area contributed by atoms with Gasteiger partial charge in [0.15, 0.2) is 5.92 Å². The zero-order valence-corrected chi connectivity index (χ0v) is 10.8. The van der Waals surface area contributed by atoms with Crippen LogP contribution in [0.15, 0.2) is 52.8 Å². The van der Waals surface area contributed by atoms with Crippen LogP contribution in [0.3, 0.4) is 0 Å². The van der Waals surface area contributed by atoms with Crippen molar-refractivity contribution < 1.29 is 8.78 Å². The van der Waals surface area contributed by atoms with E-state index in [1.807, 2.05) is 0 Å². The zero-order chi connectivity index (χ0) is 14.8. The third-order valence-corrected chi connectivity index (χ3v) is 3.26. The van der Waals surface area contributed by atoms with Crippen LogP contribution < -0.4 is 5.32 Å². The van der Waals surface area contributed by atoms with E-state index in [1.165, 1.54) is 6.07 Å². The second-order valence-electron chi connectivity index (χ2n) is 4.13. The van der Waals surface area contributed by atoms with E-state index >= 15 is 0 Å². The predicted octanol–water partition coefficient (Wildman–Crippen LogP) is 3.79. The highest BCUT2D eigenvalue weighted by Crippen LogP contribution is 2.43. The molecule has 0 fully saturated rings. The highest BCUT2D eigenvalue weighted by atomic mass is 35.5. The first-order valence-corrected chi connectivity index (χ1v) is 6.00. The Morgan fingerprint density at radius 3 is 2.45 bits per heavy atom. The largest absolute Gasteiger partial charge is 0.348 e. The average Bonchev–Trinajstić information content (AvgIpc) is 2.44. The first-order chi connectivity index (χ1) is 9.52. The molecule has 0 aromatic heterocycles. The average molecular weight is 292 g/mol. The molecule has 0 spiro atoms. The van der Waals surface area contributed by atoms with Gasteiger partial charge >= 0.3 is 0 Å². The smallest absolute Gasteiger partial charge is 0.239 e. The number of hydrogen-bond acceptors (Lipinski definition) is 3. The Hall–Kier alpha value is -2.37. The molecule has 100 valence electrons. The van der Waals surface area contributed by atoms with Crippen molar-refractivity contribution in [2.24, 2.45) is 5.92 Å². The molecule has 6 heteroatoms. The molecular weight excluding hydrogens is 284 g/mol. The van der Waals surface area contributed by atoms with Crippen molar-refractivity contribution in [1.82, 2.24) is 0 Å². The fraction of sp³-hybridized carbons (Fsp3) is 0.143. The van der Waals surface area contributed by atoms with Gasteiger partial charge in [0.2, 0.25) is 5.79 Å². The van der Waals surface area contributed by atoms with Gasteiger partial charge in [-0.1, -0.05) is 29.8 Å². The molecule has 0 amide bonds. The molecule has 0 saturated heterocycles. The van der Waals surface area contributed by atoms with Crippen molar-refractivity contribution in [3.8, 4) is 12.1 Å². The first kappa shape index (κ1) is 14.0. The molecule has 2 atom stereocenters. The Labute approximate surface area is 119 Å². The Kier molecular flexibility index (Phi) is 3.74. The molecule has 2 unspecified atom stereocenters. The summed E-state index contributed by atoms with van der Waals surface area (Å²) in [5.74, 6) is -5.57. The topological polar surface area (TPSA) is 59.6 Å². The van der Waals surface area contributed by atoms with Gasteiger partial charge in [0.1, 0.15) is 11.9 Å². The van der Waals surface area contributed by atoms with E-state index in [4.69, 9.17) is 22.1 Å². The fourth-order valence-corrected chi connectivity index (χ4v) is 2.13. The number of nitriles is 2. The highest BCUT2D eigenvalue weighted by molar-refractivity contribution is 6.31. The maximum atomic E-state index is 15.0. The third kappa shape index (κ3) is 2.24. The lowest BCUT2D eigenvalue weighted by atomic mass is 9.88. The summed E-state index contributed by atoms with van der Waals surface area (Å²) in [6, 6.07) is 11.2. The van der Waals surface area contributed by atoms with E-state index in [0.29, 0.717) is 5.69 Å². The Morgan fingerprint density at radius 1 is 1.25 bits per heavy atom. The van der Waals surface area contributed by atoms with Crippen LogP contribution in [0.5, 0.6) is 0 Å². The van der Waals surface area contributed by atoms with E-state index < -0.39 is 28.1 Å². The molecule has 20 heavy (non-hydrogen) atoms. The number of halogens is 3. The number of allylic oxidation sites excluding steroid dienone is 2. The normalized spacial score (nSPS) is 25.4. The number of para-hydroxylation sites is 1. The lowest BCUT2D eigenvalue weighted by molar-refractivity contribution is 0.199. The van der Waals surface area contributed by atoms with Gasteiger partial charge in [-0.05, 0) is 18.2 Å². The molecular formula is C14H8ClF2N3. The molecule has 1 aromatic carbocycles. The van der Waals surface area contributed by atoms with Gasteiger partial charge in [0.25, 0.3) is 0 Å². The van der Waals surface area contributed by atoms with Crippen molar-refractivity contribution in [1.29, 1.82) is 10.5 Å². The van der Waals surface area contributed by atoms with Crippen LogP contribution in [0.4, 0.5) is 14.5 Å². The summed E-state index contributed by atoms with van der Waals surface area (Å²) in [7, 11) is 0. The summed E-state index contributed by atoms with van der Waals surface area (Å²) in [5, 5.41) is 19.7. The minimum atomic E-state index is -2.61. The Bertz CT molecular complexity index is 670. The maximum Gasteiger partial charge on any atom is 0.239 e. The van der Waals surface area contributed by atoms with Crippen LogP contribution in [0.1, 0.15) is 0 Å². The molecule has 0 radical (unpaired) electrons. The summed E-state index contributed by atoms with van der Waals surface area (Å²) >= 11 is 5.81. The van der Waals surface area contributed by atoms with E-state index in [1.54, 1.807) is 36.4 Å². The third-order valence-electron chi connectivity index (χ3n) is 2.88. The van der Waals surface area contributed by atoms with Crippen LogP contribution in [0.2, 0.25) is 0 Å². The first-order valence-electron chi connectivity index (χ1n) is 5.62. The van der Waals surface area contributed by atoms with Crippen molar-refractivity contribution in [3.05, 3.63) is 52.8 Å². The summed E-state index contributed by atoms with van der Waals surface area (Å²) < 4.78 is 28.9. The number of rotatable bonds is 2. The van der Waals surface area contributed by atoms with Gasteiger partial charge in [-0.25, -0.2) is 8.78 Å². The van der Waals surface area contributed by atoms with Gasteiger partial charge in [0, 0.05) is 5.69 Å². The molecule has 1 aliphatic carbocycles. The molecule has 1 aromatic rings. The maximum absolute atomic E-state index is 15.0. The minimum absolute atomic E-state index is 0.343. The van der Waals surface area contributed by atoms with Crippen molar-refractivity contribution in [2.45, 2.75) is 5.79 Å². The fourth-order valence-electron chi connectivity index (χ4n) is 1.86. The van der Waals surface area contributed by atoms with Crippen LogP contribution in [0, 0.1) is 28.6 Å². The van der Waals surface area contributed by atoms with Gasteiger partial charge < -0.3 is 5.32 Å². The standard InChI is InChI=1S/C14H8ClF2N3/c15-12-6-9(7-18)13(16)11(8-19)14(12,17)20-10-4-2-1-3-5-10/h1-6,11,20H. The summed E-state index contributed by atoms with van der Waals surface area (Å²) in [4.78, 5) is 0. The Balaban J connectivity index is 2.46. The van der Waals surface area contributed by atoms with Crippen molar-refractivity contribution in [3.63, 3.8) is 0 Å². The van der Waals surface area contributed by atoms with Crippen LogP contribution in [0.25, 0.3) is 0 Å². The van der Waals surface area contributed by atoms with E-state index in [9.17, 15) is 8.78 Å². The highest BCUT2D eigenvalue weighted by Gasteiger charge is 2.49.